The molecule has 156 valence electrons. The molecule has 0 radical (unpaired) electrons. The number of phenolic OH excluding ortho intramolecular Hbond substituents is 1. The molecule has 1 aliphatic rings. The molecule has 0 aliphatic carbocycles. The van der Waals surface area contributed by atoms with E-state index in [4.69, 9.17) is 9.47 Å². The fourth-order valence-electron chi connectivity index (χ4n) is 3.76. The summed E-state index contributed by atoms with van der Waals surface area (Å²) in [4.78, 5) is 17.7. The fourth-order valence-corrected chi connectivity index (χ4v) is 3.76. The Morgan fingerprint density at radius 1 is 1.31 bits per heavy atom. The highest BCUT2D eigenvalue weighted by Crippen LogP contribution is 2.30. The predicted molar refractivity (Wildman–Crippen MR) is 108 cm³/mol. The molecule has 1 aliphatic heterocycles. The Morgan fingerprint density at radius 3 is 2.97 bits per heavy atom. The molecule has 1 saturated heterocycles. The average Bonchev–Trinajstić information content (AvgIpc) is 2.76. The van der Waals surface area contributed by atoms with E-state index in [1.54, 1.807) is 25.4 Å². The van der Waals surface area contributed by atoms with E-state index in [1.807, 2.05) is 17.0 Å². The smallest absolute Gasteiger partial charge is 0.157 e. The van der Waals surface area contributed by atoms with Crippen LogP contribution in [0.15, 0.2) is 36.5 Å². The maximum atomic E-state index is 11.3. The van der Waals surface area contributed by atoms with Crippen LogP contribution in [-0.2, 0) is 11.2 Å². The van der Waals surface area contributed by atoms with Gasteiger partial charge in [-0.15, -0.1) is 0 Å². The molecule has 1 fully saturated rings. The first kappa shape index (κ1) is 21.2. The number of nitrogens with zero attached hydrogens (tertiary/aromatic N) is 2. The summed E-state index contributed by atoms with van der Waals surface area (Å²) in [6.45, 7) is 1.60. The molecule has 0 bridgehead atoms. The van der Waals surface area contributed by atoms with Crippen LogP contribution in [0.5, 0.6) is 11.5 Å². The average molecular weight is 400 g/mol. The van der Waals surface area contributed by atoms with Crippen LogP contribution in [0.25, 0.3) is 0 Å². The van der Waals surface area contributed by atoms with Gasteiger partial charge in [0.2, 0.25) is 0 Å². The lowest BCUT2D eigenvalue weighted by Crippen LogP contribution is -2.45. The van der Waals surface area contributed by atoms with Crippen molar-refractivity contribution in [1.82, 2.24) is 9.88 Å². The first-order valence-corrected chi connectivity index (χ1v) is 9.92. The highest BCUT2D eigenvalue weighted by atomic mass is 16.5. The standard InChI is InChI=1S/C22H28N2O5/c1-28-13-10-19-17(7-5-11-23-19)22(27)24-12-3-2-6-16(24)15-29-21-9-4-8-20(26)18(21)14-25/h4-5,7-9,11,14,16,22,26-27H,2-3,6,10,12-13,15H2,1H3/t16-,22?/m0/s1. The minimum Gasteiger partial charge on any atom is -0.507 e. The highest BCUT2D eigenvalue weighted by molar-refractivity contribution is 5.83. The zero-order valence-corrected chi connectivity index (χ0v) is 16.7. The molecule has 0 saturated carbocycles. The van der Waals surface area contributed by atoms with E-state index in [2.05, 4.69) is 4.98 Å². The topological polar surface area (TPSA) is 92.1 Å². The van der Waals surface area contributed by atoms with E-state index < -0.39 is 6.23 Å². The molecule has 2 N–H and O–H groups in total. The van der Waals surface area contributed by atoms with Gasteiger partial charge in [0, 0.05) is 43.6 Å². The van der Waals surface area contributed by atoms with Gasteiger partial charge >= 0.3 is 0 Å². The molecule has 7 heteroatoms. The summed E-state index contributed by atoms with van der Waals surface area (Å²) in [6.07, 6.45) is 5.06. The largest absolute Gasteiger partial charge is 0.507 e. The van der Waals surface area contributed by atoms with Gasteiger partial charge in [-0.05, 0) is 31.0 Å². The van der Waals surface area contributed by atoms with Crippen molar-refractivity contribution in [2.75, 3.05) is 26.9 Å². The normalized spacial score (nSPS) is 18.3. The number of methoxy groups -OCH3 is 1. The van der Waals surface area contributed by atoms with Crippen LogP contribution in [0.1, 0.15) is 47.1 Å². The van der Waals surface area contributed by atoms with Crippen molar-refractivity contribution in [3.63, 3.8) is 0 Å². The minimum atomic E-state index is -0.792. The third-order valence-electron chi connectivity index (χ3n) is 5.33. The maximum Gasteiger partial charge on any atom is 0.157 e. The Morgan fingerprint density at radius 2 is 2.17 bits per heavy atom. The summed E-state index contributed by atoms with van der Waals surface area (Å²) in [5, 5.41) is 21.0. The molecule has 7 nitrogen and oxygen atoms in total. The molecule has 3 rings (SSSR count). The number of aldehydes is 1. The van der Waals surface area contributed by atoms with Crippen LogP contribution in [0.2, 0.25) is 0 Å². The number of carbonyl (C=O) groups excluding carboxylic acids is 1. The number of likely N-dealkylation sites (tertiary alicyclic amines) is 1. The Labute approximate surface area is 170 Å². The Kier molecular flexibility index (Phi) is 7.57. The van der Waals surface area contributed by atoms with E-state index in [0.29, 0.717) is 31.7 Å². The quantitative estimate of drug-likeness (QED) is 0.625. The van der Waals surface area contributed by atoms with Crippen LogP contribution in [0, 0.1) is 0 Å². The first-order chi connectivity index (χ1) is 14.2. The number of piperidine rings is 1. The van der Waals surface area contributed by atoms with E-state index in [-0.39, 0.29) is 17.4 Å². The van der Waals surface area contributed by atoms with Gasteiger partial charge in [-0.25, -0.2) is 0 Å². The summed E-state index contributed by atoms with van der Waals surface area (Å²) in [5.74, 6) is 0.248. The van der Waals surface area contributed by atoms with Gasteiger partial charge in [-0.3, -0.25) is 14.7 Å². The molecular formula is C22H28N2O5. The molecule has 1 aromatic carbocycles. The number of pyridine rings is 1. The molecular weight excluding hydrogens is 372 g/mol. The number of phenols is 1. The van der Waals surface area contributed by atoms with Crippen molar-refractivity contribution in [3.8, 4) is 11.5 Å². The Hall–Kier alpha value is -2.48. The minimum absolute atomic E-state index is 0.0175. The second kappa shape index (κ2) is 10.3. The highest BCUT2D eigenvalue weighted by Gasteiger charge is 2.30. The summed E-state index contributed by atoms with van der Waals surface area (Å²) < 4.78 is 11.0. The lowest BCUT2D eigenvalue weighted by Gasteiger charge is -2.39. The lowest BCUT2D eigenvalue weighted by atomic mass is 10.00. The second-order valence-electron chi connectivity index (χ2n) is 7.16. The van der Waals surface area contributed by atoms with Crippen molar-refractivity contribution in [2.45, 2.75) is 38.0 Å². The van der Waals surface area contributed by atoms with Gasteiger partial charge in [0.05, 0.1) is 12.2 Å². The molecule has 1 aromatic heterocycles. The zero-order valence-electron chi connectivity index (χ0n) is 16.7. The summed E-state index contributed by atoms with van der Waals surface area (Å²) >= 11 is 0. The van der Waals surface area contributed by atoms with Gasteiger partial charge < -0.3 is 19.7 Å². The van der Waals surface area contributed by atoms with E-state index in [1.165, 1.54) is 6.07 Å². The van der Waals surface area contributed by atoms with Crippen molar-refractivity contribution >= 4 is 6.29 Å². The SMILES string of the molecule is COCCc1ncccc1C(O)N1CCCC[C@H]1COc1cccc(O)c1C=O. The number of aliphatic hydroxyl groups is 1. The lowest BCUT2D eigenvalue weighted by molar-refractivity contribution is -0.0549. The number of aromatic nitrogens is 1. The number of hydrogen-bond donors (Lipinski definition) is 2. The van der Waals surface area contributed by atoms with Crippen molar-refractivity contribution in [3.05, 3.63) is 53.3 Å². The van der Waals surface area contributed by atoms with Gasteiger partial charge in [0.1, 0.15) is 24.3 Å². The molecule has 2 aromatic rings. The van der Waals surface area contributed by atoms with Gasteiger partial charge in [-0.2, -0.15) is 0 Å². The van der Waals surface area contributed by atoms with Gasteiger partial charge in [0.25, 0.3) is 0 Å². The van der Waals surface area contributed by atoms with Crippen molar-refractivity contribution < 1.29 is 24.5 Å². The van der Waals surface area contributed by atoms with Crippen LogP contribution in [0.3, 0.4) is 0 Å². The summed E-state index contributed by atoms with van der Waals surface area (Å²) in [5.41, 5.74) is 1.75. The van der Waals surface area contributed by atoms with Crippen LogP contribution in [-0.4, -0.2) is 59.3 Å². The maximum absolute atomic E-state index is 11.3. The van der Waals surface area contributed by atoms with Crippen LogP contribution >= 0.6 is 0 Å². The van der Waals surface area contributed by atoms with E-state index in [9.17, 15) is 15.0 Å². The zero-order chi connectivity index (χ0) is 20.6. The molecule has 0 amide bonds. The Bertz CT molecular complexity index is 814. The van der Waals surface area contributed by atoms with E-state index >= 15 is 0 Å². The molecule has 2 atom stereocenters. The van der Waals surface area contributed by atoms with Gasteiger partial charge in [0.15, 0.2) is 6.29 Å². The summed E-state index contributed by atoms with van der Waals surface area (Å²) in [6, 6.07) is 8.47. The van der Waals surface area contributed by atoms with Crippen LogP contribution in [0.4, 0.5) is 0 Å². The molecule has 1 unspecified atom stereocenters. The van der Waals surface area contributed by atoms with Crippen molar-refractivity contribution in [2.24, 2.45) is 0 Å². The number of benzene rings is 1. The number of hydrogen-bond acceptors (Lipinski definition) is 7. The fraction of sp³-hybridized carbons (Fsp3) is 0.455. The number of aliphatic hydroxyl groups excluding tert-OH is 1. The van der Waals surface area contributed by atoms with Crippen LogP contribution < -0.4 is 4.74 Å². The van der Waals surface area contributed by atoms with Gasteiger partial charge in [-0.1, -0.05) is 18.6 Å². The van der Waals surface area contributed by atoms with Crippen molar-refractivity contribution in [1.29, 1.82) is 0 Å². The first-order valence-electron chi connectivity index (χ1n) is 9.92. The monoisotopic (exact) mass is 400 g/mol. The molecule has 0 spiro atoms. The number of ether oxygens (including phenoxy) is 2. The third kappa shape index (κ3) is 5.12. The number of rotatable bonds is 9. The Balaban J connectivity index is 1.75. The van der Waals surface area contributed by atoms with E-state index in [0.717, 1.165) is 37.1 Å². The summed E-state index contributed by atoms with van der Waals surface area (Å²) in [7, 11) is 1.64. The third-order valence-corrected chi connectivity index (χ3v) is 5.33. The molecule has 2 heterocycles. The second-order valence-corrected chi connectivity index (χ2v) is 7.16. The number of carbonyl (C=O) groups is 1. The molecule has 29 heavy (non-hydrogen) atoms. The number of aromatic hydroxyl groups is 1. The predicted octanol–water partition coefficient (Wildman–Crippen LogP) is 2.71.